The molecule has 1 aliphatic rings. The molecule has 0 unspecified atom stereocenters. The lowest BCUT2D eigenvalue weighted by Crippen LogP contribution is -2.32. The number of carbonyl (C=O) groups excluding carboxylic acids is 2. The molecule has 3 rings (SSSR count). The largest absolute Gasteiger partial charge is 0.319 e. The van der Waals surface area contributed by atoms with Crippen molar-refractivity contribution >= 4 is 49.1 Å². The Hall–Kier alpha value is -2.26. The number of anilines is 2. The predicted octanol–water partition coefficient (Wildman–Crippen LogP) is 3.54. The molecular formula is C18H16BrFN2O4S. The van der Waals surface area contributed by atoms with Crippen LogP contribution in [0.15, 0.2) is 46.9 Å². The highest BCUT2D eigenvalue weighted by atomic mass is 79.9. The van der Waals surface area contributed by atoms with Gasteiger partial charge >= 0.3 is 0 Å². The fraction of sp³-hybridized carbons (Fsp3) is 0.222. The van der Waals surface area contributed by atoms with Gasteiger partial charge in [-0.3, -0.25) is 9.59 Å². The lowest BCUT2D eigenvalue weighted by molar-refractivity contribution is -0.123. The maximum Gasteiger partial charge on any atom is 0.255 e. The van der Waals surface area contributed by atoms with Crippen molar-refractivity contribution < 1.29 is 22.4 Å². The van der Waals surface area contributed by atoms with Gasteiger partial charge < -0.3 is 5.32 Å². The Bertz CT molecular complexity index is 1040. The minimum absolute atomic E-state index is 0.0197. The van der Waals surface area contributed by atoms with Crippen LogP contribution in [-0.4, -0.2) is 26.0 Å². The van der Waals surface area contributed by atoms with Crippen LogP contribution in [0.25, 0.3) is 0 Å². The second kappa shape index (κ2) is 6.72. The molecule has 0 radical (unpaired) electrons. The van der Waals surface area contributed by atoms with Crippen LogP contribution in [-0.2, 0) is 14.8 Å². The number of amides is 2. The molecule has 2 amide bonds. The molecule has 0 spiro atoms. The van der Waals surface area contributed by atoms with Gasteiger partial charge in [0, 0.05) is 10.0 Å². The maximum atomic E-state index is 13.8. The Labute approximate surface area is 164 Å². The van der Waals surface area contributed by atoms with Crippen LogP contribution in [0.1, 0.15) is 24.2 Å². The van der Waals surface area contributed by atoms with Crippen LogP contribution in [0, 0.1) is 11.2 Å². The first kappa shape index (κ1) is 19.5. The average Bonchev–Trinajstić information content (AvgIpc) is 2.73. The molecule has 2 aromatic rings. The van der Waals surface area contributed by atoms with Gasteiger partial charge in [0.1, 0.15) is 5.82 Å². The highest BCUT2D eigenvalue weighted by Gasteiger charge is 2.49. The highest BCUT2D eigenvalue weighted by Crippen LogP contribution is 2.35. The second-order valence-electron chi connectivity index (χ2n) is 6.83. The summed E-state index contributed by atoms with van der Waals surface area (Å²) in [5.41, 5.74) is -0.624. The smallest absolute Gasteiger partial charge is 0.255 e. The number of nitrogens with one attached hydrogen (secondary N) is 1. The Kier molecular flexibility index (Phi) is 4.85. The molecule has 6 nitrogen and oxygen atoms in total. The predicted molar refractivity (Wildman–Crippen MR) is 104 cm³/mol. The van der Waals surface area contributed by atoms with Crippen LogP contribution in [0.3, 0.4) is 0 Å². The third-order valence-electron chi connectivity index (χ3n) is 4.13. The van der Waals surface area contributed by atoms with Crippen molar-refractivity contribution in [1.82, 2.24) is 0 Å². The standard InChI is InChI=1S/C18H16BrFN2O4S/c1-18(2)10-27(25,26)22(17(18)24)13-6-3-11(4-7-13)16(23)21-15-8-5-12(19)9-14(15)20/h3-9H,10H2,1-2H3,(H,21,23). The molecule has 1 N–H and O–H groups in total. The summed E-state index contributed by atoms with van der Waals surface area (Å²) in [5.74, 6) is -1.94. The fourth-order valence-corrected chi connectivity index (χ4v) is 5.24. The number of hydrogen-bond donors (Lipinski definition) is 1. The van der Waals surface area contributed by atoms with Crippen molar-refractivity contribution in [2.45, 2.75) is 13.8 Å². The fourth-order valence-electron chi connectivity index (χ4n) is 2.79. The van der Waals surface area contributed by atoms with Crippen molar-refractivity contribution in [3.05, 3.63) is 58.3 Å². The molecule has 1 saturated heterocycles. The van der Waals surface area contributed by atoms with Gasteiger partial charge in [-0.05, 0) is 56.3 Å². The van der Waals surface area contributed by atoms with Gasteiger partial charge in [0.05, 0.1) is 22.5 Å². The molecule has 0 aliphatic carbocycles. The molecule has 27 heavy (non-hydrogen) atoms. The van der Waals surface area contributed by atoms with Crippen LogP contribution in [0.5, 0.6) is 0 Å². The zero-order chi connectivity index (χ0) is 20.0. The minimum Gasteiger partial charge on any atom is -0.319 e. The van der Waals surface area contributed by atoms with Crippen molar-refractivity contribution in [3.63, 3.8) is 0 Å². The molecule has 1 aliphatic heterocycles. The number of hydrogen-bond acceptors (Lipinski definition) is 4. The van der Waals surface area contributed by atoms with Crippen LogP contribution in [0.2, 0.25) is 0 Å². The van der Waals surface area contributed by atoms with Crippen molar-refractivity contribution in [3.8, 4) is 0 Å². The summed E-state index contributed by atoms with van der Waals surface area (Å²) in [4.78, 5) is 24.7. The Morgan fingerprint density at radius 3 is 2.33 bits per heavy atom. The maximum absolute atomic E-state index is 13.8. The van der Waals surface area contributed by atoms with Gasteiger partial charge in [-0.2, -0.15) is 0 Å². The van der Waals surface area contributed by atoms with Crippen LogP contribution < -0.4 is 9.62 Å². The molecule has 0 aromatic heterocycles. The Balaban J connectivity index is 1.83. The third-order valence-corrected chi connectivity index (χ3v) is 6.64. The van der Waals surface area contributed by atoms with Crippen molar-refractivity contribution in [2.24, 2.45) is 5.41 Å². The van der Waals surface area contributed by atoms with Gasteiger partial charge in [-0.1, -0.05) is 15.9 Å². The summed E-state index contributed by atoms with van der Waals surface area (Å²) in [7, 11) is -3.76. The molecular weight excluding hydrogens is 439 g/mol. The molecule has 0 atom stereocenters. The molecule has 1 heterocycles. The van der Waals surface area contributed by atoms with Gasteiger partial charge in [-0.25, -0.2) is 17.1 Å². The first-order chi connectivity index (χ1) is 12.5. The van der Waals surface area contributed by atoms with E-state index in [2.05, 4.69) is 21.2 Å². The van der Waals surface area contributed by atoms with Crippen molar-refractivity contribution in [2.75, 3.05) is 15.4 Å². The number of rotatable bonds is 3. The molecule has 0 saturated carbocycles. The lowest BCUT2D eigenvalue weighted by atomic mass is 9.95. The van der Waals surface area contributed by atoms with Gasteiger partial charge in [0.15, 0.2) is 0 Å². The number of benzene rings is 2. The minimum atomic E-state index is -3.76. The number of halogens is 2. The topological polar surface area (TPSA) is 83.6 Å². The van der Waals surface area contributed by atoms with Crippen LogP contribution >= 0.6 is 15.9 Å². The zero-order valence-electron chi connectivity index (χ0n) is 14.5. The Morgan fingerprint density at radius 1 is 1.19 bits per heavy atom. The SMILES string of the molecule is CC1(C)CS(=O)(=O)N(c2ccc(C(=O)Nc3ccc(Br)cc3F)cc2)C1=O. The molecule has 9 heteroatoms. The van der Waals surface area contributed by atoms with E-state index >= 15 is 0 Å². The first-order valence-electron chi connectivity index (χ1n) is 7.95. The lowest BCUT2D eigenvalue weighted by Gasteiger charge is -2.17. The van der Waals surface area contributed by atoms with Gasteiger partial charge in [-0.15, -0.1) is 0 Å². The van der Waals surface area contributed by atoms with E-state index in [0.717, 1.165) is 4.31 Å². The van der Waals surface area contributed by atoms with E-state index in [9.17, 15) is 22.4 Å². The van der Waals surface area contributed by atoms with E-state index in [4.69, 9.17) is 0 Å². The monoisotopic (exact) mass is 454 g/mol. The van der Waals surface area contributed by atoms with E-state index in [0.29, 0.717) is 4.47 Å². The highest BCUT2D eigenvalue weighted by molar-refractivity contribution is 9.10. The summed E-state index contributed by atoms with van der Waals surface area (Å²) in [6.45, 7) is 3.14. The summed E-state index contributed by atoms with van der Waals surface area (Å²) in [6, 6.07) is 9.76. The van der Waals surface area contributed by atoms with E-state index in [1.807, 2.05) is 0 Å². The summed E-state index contributed by atoms with van der Waals surface area (Å²) in [6.07, 6.45) is 0. The Morgan fingerprint density at radius 2 is 1.81 bits per heavy atom. The van der Waals surface area contributed by atoms with E-state index in [1.165, 1.54) is 36.4 Å². The van der Waals surface area contributed by atoms with E-state index < -0.39 is 33.1 Å². The third kappa shape index (κ3) is 3.74. The van der Waals surface area contributed by atoms with E-state index in [-0.39, 0.29) is 22.7 Å². The zero-order valence-corrected chi connectivity index (χ0v) is 16.9. The molecule has 0 bridgehead atoms. The molecule has 142 valence electrons. The average molecular weight is 455 g/mol. The van der Waals surface area contributed by atoms with Crippen LogP contribution in [0.4, 0.5) is 15.8 Å². The number of carbonyl (C=O) groups is 2. The van der Waals surface area contributed by atoms with Crippen molar-refractivity contribution in [1.29, 1.82) is 0 Å². The van der Waals surface area contributed by atoms with Gasteiger partial charge in [0.2, 0.25) is 15.9 Å². The molecule has 2 aromatic carbocycles. The van der Waals surface area contributed by atoms with E-state index in [1.54, 1.807) is 19.9 Å². The quantitative estimate of drug-likeness (QED) is 0.768. The molecule has 1 fully saturated rings. The summed E-state index contributed by atoms with van der Waals surface area (Å²) in [5, 5.41) is 2.45. The normalized spacial score (nSPS) is 17.8. The number of nitrogens with zero attached hydrogens (tertiary/aromatic N) is 1. The number of sulfonamides is 1. The second-order valence-corrected chi connectivity index (χ2v) is 9.57. The first-order valence-corrected chi connectivity index (χ1v) is 10.4. The van der Waals surface area contributed by atoms with Gasteiger partial charge in [0.25, 0.3) is 5.91 Å². The summed E-state index contributed by atoms with van der Waals surface area (Å²) >= 11 is 3.14. The summed E-state index contributed by atoms with van der Waals surface area (Å²) < 4.78 is 39.7.